The highest BCUT2D eigenvalue weighted by Crippen LogP contribution is 2.08. The first kappa shape index (κ1) is 10.6. The number of allylic oxidation sites excluding steroid dienone is 3. The van der Waals surface area contributed by atoms with Gasteiger partial charge in [0.25, 0.3) is 0 Å². The van der Waals surface area contributed by atoms with E-state index in [9.17, 15) is 0 Å². The normalized spacial score (nSPS) is 12.8. The minimum absolute atomic E-state index is 0.138. The SMILES string of the molecule is CC/C(C#N)=C/C(C#N)=C(\N)S. The summed E-state index contributed by atoms with van der Waals surface area (Å²) < 4.78 is 0. The first-order valence-corrected chi connectivity index (χ1v) is 3.79. The van der Waals surface area contributed by atoms with Crippen molar-refractivity contribution in [1.29, 1.82) is 10.5 Å². The van der Waals surface area contributed by atoms with Gasteiger partial charge in [-0.15, -0.1) is 12.6 Å². The van der Waals surface area contributed by atoms with Crippen molar-refractivity contribution in [3.05, 3.63) is 22.3 Å². The number of hydrogen-bond donors (Lipinski definition) is 2. The zero-order valence-electron chi connectivity index (χ0n) is 6.70. The summed E-state index contributed by atoms with van der Waals surface area (Å²) in [5.41, 5.74) is 6.02. The van der Waals surface area contributed by atoms with Crippen LogP contribution in [0.15, 0.2) is 22.3 Å². The lowest BCUT2D eigenvalue weighted by Crippen LogP contribution is -1.92. The van der Waals surface area contributed by atoms with Gasteiger partial charge >= 0.3 is 0 Å². The van der Waals surface area contributed by atoms with Gasteiger partial charge in [0.15, 0.2) is 0 Å². The van der Waals surface area contributed by atoms with E-state index in [1.54, 1.807) is 0 Å². The Balaban J connectivity index is 4.88. The number of hydrogen-bond acceptors (Lipinski definition) is 4. The minimum Gasteiger partial charge on any atom is -0.393 e. The molecule has 0 amide bonds. The number of nitrogens with two attached hydrogens (primary N) is 1. The Morgan fingerprint density at radius 2 is 2.08 bits per heavy atom. The molecule has 0 aliphatic rings. The molecular formula is C8H9N3S. The highest BCUT2D eigenvalue weighted by atomic mass is 32.1. The van der Waals surface area contributed by atoms with Crippen molar-refractivity contribution in [3.63, 3.8) is 0 Å². The molecule has 12 heavy (non-hydrogen) atoms. The van der Waals surface area contributed by atoms with E-state index in [1.165, 1.54) is 6.08 Å². The Kier molecular flexibility index (Phi) is 4.67. The first-order chi connectivity index (χ1) is 5.65. The second kappa shape index (κ2) is 5.29. The van der Waals surface area contributed by atoms with Crippen molar-refractivity contribution in [3.8, 4) is 12.1 Å². The zero-order chi connectivity index (χ0) is 9.56. The Morgan fingerprint density at radius 1 is 1.50 bits per heavy atom. The predicted molar refractivity (Wildman–Crippen MR) is 49.8 cm³/mol. The van der Waals surface area contributed by atoms with E-state index < -0.39 is 0 Å². The fourth-order valence-corrected chi connectivity index (χ4v) is 0.666. The van der Waals surface area contributed by atoms with Crippen LogP contribution >= 0.6 is 12.6 Å². The third-order valence-corrected chi connectivity index (χ3v) is 1.48. The molecule has 0 saturated carbocycles. The molecule has 4 heteroatoms. The lowest BCUT2D eigenvalue weighted by atomic mass is 10.1. The summed E-state index contributed by atoms with van der Waals surface area (Å²) in [6.07, 6.45) is 2.03. The molecule has 0 aromatic heterocycles. The lowest BCUT2D eigenvalue weighted by Gasteiger charge is -1.93. The van der Waals surface area contributed by atoms with Gasteiger partial charge < -0.3 is 5.73 Å². The average Bonchev–Trinajstić information content (AvgIpc) is 2.06. The van der Waals surface area contributed by atoms with Crippen LogP contribution in [0.5, 0.6) is 0 Å². The Morgan fingerprint density at radius 3 is 2.33 bits per heavy atom. The molecule has 0 unspecified atom stereocenters. The number of nitriles is 2. The van der Waals surface area contributed by atoms with E-state index in [1.807, 2.05) is 19.1 Å². The van der Waals surface area contributed by atoms with Crippen LogP contribution in [0.25, 0.3) is 0 Å². The maximum atomic E-state index is 8.55. The van der Waals surface area contributed by atoms with Crippen LogP contribution in [0.3, 0.4) is 0 Å². The van der Waals surface area contributed by atoms with Crippen molar-refractivity contribution < 1.29 is 0 Å². The molecule has 0 radical (unpaired) electrons. The van der Waals surface area contributed by atoms with Crippen LogP contribution in [0, 0.1) is 22.7 Å². The topological polar surface area (TPSA) is 73.6 Å². The van der Waals surface area contributed by atoms with E-state index in [0.717, 1.165) is 0 Å². The number of thiol groups is 1. The minimum atomic E-state index is 0.138. The number of rotatable bonds is 2. The molecule has 0 aromatic rings. The van der Waals surface area contributed by atoms with Crippen LogP contribution in [0.2, 0.25) is 0 Å². The summed E-state index contributed by atoms with van der Waals surface area (Å²) in [4.78, 5) is 0. The van der Waals surface area contributed by atoms with Crippen LogP contribution < -0.4 is 5.73 Å². The van der Waals surface area contributed by atoms with E-state index in [2.05, 4.69) is 12.6 Å². The number of nitrogens with zero attached hydrogens (tertiary/aromatic N) is 2. The average molecular weight is 179 g/mol. The van der Waals surface area contributed by atoms with Gasteiger partial charge in [-0.3, -0.25) is 0 Å². The van der Waals surface area contributed by atoms with Gasteiger partial charge in [-0.2, -0.15) is 10.5 Å². The quantitative estimate of drug-likeness (QED) is 0.383. The van der Waals surface area contributed by atoms with E-state index in [-0.39, 0.29) is 10.6 Å². The van der Waals surface area contributed by atoms with Gasteiger partial charge in [0, 0.05) is 5.57 Å². The molecule has 62 valence electrons. The Hall–Kier alpha value is -1.39. The smallest absolute Gasteiger partial charge is 0.102 e. The van der Waals surface area contributed by atoms with Crippen molar-refractivity contribution in [2.75, 3.05) is 0 Å². The highest BCUT2D eigenvalue weighted by Gasteiger charge is 1.97. The van der Waals surface area contributed by atoms with E-state index in [0.29, 0.717) is 12.0 Å². The molecule has 0 spiro atoms. The maximum Gasteiger partial charge on any atom is 0.102 e. The molecule has 0 bridgehead atoms. The Bertz CT molecular complexity index is 297. The van der Waals surface area contributed by atoms with Crippen molar-refractivity contribution in [2.24, 2.45) is 5.73 Å². The largest absolute Gasteiger partial charge is 0.393 e. The molecule has 3 nitrogen and oxygen atoms in total. The Labute approximate surface area is 77.2 Å². The van der Waals surface area contributed by atoms with Gasteiger partial charge in [-0.05, 0) is 12.5 Å². The molecule has 0 atom stereocenters. The van der Waals surface area contributed by atoms with Gasteiger partial charge in [0.1, 0.15) is 6.07 Å². The van der Waals surface area contributed by atoms with Crippen LogP contribution in [0.1, 0.15) is 13.3 Å². The van der Waals surface area contributed by atoms with Crippen molar-refractivity contribution >= 4 is 12.6 Å². The standard InChI is InChI=1S/C8H9N3S/c1-2-6(4-9)3-7(5-10)8(11)12/h3,12H,2,11H2,1H3/b6-3-,8-7-. The molecule has 0 aliphatic carbocycles. The fourth-order valence-electron chi connectivity index (χ4n) is 0.551. The van der Waals surface area contributed by atoms with Gasteiger partial charge in [0.05, 0.1) is 16.7 Å². The van der Waals surface area contributed by atoms with Crippen LogP contribution in [-0.2, 0) is 0 Å². The fraction of sp³-hybridized carbons (Fsp3) is 0.250. The summed E-state index contributed by atoms with van der Waals surface area (Å²) in [6.45, 7) is 1.83. The van der Waals surface area contributed by atoms with Gasteiger partial charge in [-0.25, -0.2) is 0 Å². The van der Waals surface area contributed by atoms with Crippen molar-refractivity contribution in [2.45, 2.75) is 13.3 Å². The summed E-state index contributed by atoms with van der Waals surface area (Å²) in [5.74, 6) is 0. The molecule has 0 aliphatic heterocycles. The second-order valence-corrected chi connectivity index (χ2v) is 2.53. The molecule has 0 rings (SSSR count). The van der Waals surface area contributed by atoms with E-state index >= 15 is 0 Å². The molecule has 0 aromatic carbocycles. The molecule has 2 N–H and O–H groups in total. The lowest BCUT2D eigenvalue weighted by molar-refractivity contribution is 1.15. The molecular weight excluding hydrogens is 170 g/mol. The molecule has 0 heterocycles. The van der Waals surface area contributed by atoms with E-state index in [4.69, 9.17) is 16.3 Å². The zero-order valence-corrected chi connectivity index (χ0v) is 7.60. The summed E-state index contributed by atoms with van der Waals surface area (Å²) in [7, 11) is 0. The van der Waals surface area contributed by atoms with Crippen molar-refractivity contribution in [1.82, 2.24) is 0 Å². The summed E-state index contributed by atoms with van der Waals surface area (Å²) in [6, 6.07) is 3.81. The molecule has 0 saturated heterocycles. The molecule has 0 fully saturated rings. The third kappa shape index (κ3) is 3.14. The monoisotopic (exact) mass is 179 g/mol. The summed E-state index contributed by atoms with van der Waals surface area (Å²) in [5, 5.41) is 17.2. The third-order valence-electron chi connectivity index (χ3n) is 1.24. The van der Waals surface area contributed by atoms with Crippen LogP contribution in [-0.4, -0.2) is 0 Å². The van der Waals surface area contributed by atoms with Gasteiger partial charge in [0.2, 0.25) is 0 Å². The second-order valence-electron chi connectivity index (χ2n) is 2.05. The summed E-state index contributed by atoms with van der Waals surface area (Å²) >= 11 is 3.81. The van der Waals surface area contributed by atoms with Crippen LogP contribution in [0.4, 0.5) is 0 Å². The predicted octanol–water partition coefficient (Wildman–Crippen LogP) is 1.47. The first-order valence-electron chi connectivity index (χ1n) is 3.35. The van der Waals surface area contributed by atoms with Gasteiger partial charge in [-0.1, -0.05) is 6.92 Å². The maximum absolute atomic E-state index is 8.55. The highest BCUT2D eigenvalue weighted by molar-refractivity contribution is 7.84.